The van der Waals surface area contributed by atoms with Crippen LogP contribution >= 0.6 is 0 Å². The summed E-state index contributed by atoms with van der Waals surface area (Å²) in [5.74, 6) is -0.378. The van der Waals surface area contributed by atoms with Crippen LogP contribution in [0.15, 0.2) is 76.1 Å². The molecule has 0 bridgehead atoms. The number of anilines is 4. The van der Waals surface area contributed by atoms with Gasteiger partial charge in [0, 0.05) is 11.4 Å². The summed E-state index contributed by atoms with van der Waals surface area (Å²) in [6.07, 6.45) is 1.14. The monoisotopic (exact) mass is 414 g/mol. The number of nitro groups is 1. The number of aromatic nitrogens is 3. The lowest BCUT2D eigenvalue weighted by atomic mass is 10.1. The first-order chi connectivity index (χ1) is 15.0. The number of nitrogens with one attached hydrogen (secondary N) is 3. The van der Waals surface area contributed by atoms with E-state index in [1.165, 1.54) is 0 Å². The predicted octanol–water partition coefficient (Wildman–Crippen LogP) is 4.46. The van der Waals surface area contributed by atoms with Crippen LogP contribution in [0.4, 0.5) is 28.8 Å². The lowest BCUT2D eigenvalue weighted by molar-refractivity contribution is -0.384. The van der Waals surface area contributed by atoms with Crippen LogP contribution in [-0.2, 0) is 0 Å². The number of oxazole rings is 1. The standard InChI is InChI=1S/C21H14N6O4/c28-21-25-16-10-15(7-8-18(16)31-21)23-19-17(27(29)30)11-22-20(26-19)24-14-6-5-12-3-1-2-4-13(12)9-14/h1-11H,(H,25,28)(H2,22,23,24,26). The number of fused-ring (bicyclic) bond motifs is 2. The second-order valence-corrected chi connectivity index (χ2v) is 6.72. The summed E-state index contributed by atoms with van der Waals surface area (Å²) < 4.78 is 4.97. The van der Waals surface area contributed by atoms with Crippen LogP contribution in [0.3, 0.4) is 0 Å². The highest BCUT2D eigenvalue weighted by Gasteiger charge is 2.18. The van der Waals surface area contributed by atoms with Gasteiger partial charge in [-0.05, 0) is 41.1 Å². The van der Waals surface area contributed by atoms with E-state index >= 15 is 0 Å². The Hall–Kier alpha value is -4.73. The Bertz CT molecular complexity index is 1510. The van der Waals surface area contributed by atoms with Gasteiger partial charge in [-0.3, -0.25) is 15.1 Å². The molecular weight excluding hydrogens is 400 g/mol. The molecule has 0 aliphatic rings. The van der Waals surface area contributed by atoms with Crippen molar-refractivity contribution < 1.29 is 9.34 Å². The fraction of sp³-hybridized carbons (Fsp3) is 0. The highest BCUT2D eigenvalue weighted by molar-refractivity contribution is 5.86. The van der Waals surface area contributed by atoms with E-state index < -0.39 is 10.7 Å². The summed E-state index contributed by atoms with van der Waals surface area (Å²) in [7, 11) is 0. The maximum atomic E-state index is 11.4. The molecule has 5 aromatic rings. The molecule has 0 aliphatic carbocycles. The lowest BCUT2D eigenvalue weighted by Gasteiger charge is -2.10. The third kappa shape index (κ3) is 3.65. The van der Waals surface area contributed by atoms with Gasteiger partial charge in [0.1, 0.15) is 6.20 Å². The number of hydrogen-bond acceptors (Lipinski definition) is 8. The Kier molecular flexibility index (Phi) is 4.29. The number of benzene rings is 3. The third-order valence-electron chi connectivity index (χ3n) is 4.65. The van der Waals surface area contributed by atoms with Gasteiger partial charge in [-0.15, -0.1) is 0 Å². The molecule has 3 aromatic carbocycles. The molecule has 0 unspecified atom stereocenters. The van der Waals surface area contributed by atoms with Gasteiger partial charge in [0.25, 0.3) is 0 Å². The van der Waals surface area contributed by atoms with Crippen LogP contribution in [0.2, 0.25) is 0 Å². The van der Waals surface area contributed by atoms with Crippen molar-refractivity contribution in [2.75, 3.05) is 10.6 Å². The molecule has 0 aliphatic heterocycles. The zero-order valence-electron chi connectivity index (χ0n) is 15.8. The number of rotatable bonds is 5. The van der Waals surface area contributed by atoms with Crippen molar-refractivity contribution in [3.05, 3.63) is 87.5 Å². The number of hydrogen-bond donors (Lipinski definition) is 3. The molecule has 0 saturated carbocycles. The minimum absolute atomic E-state index is 0.00785. The summed E-state index contributed by atoms with van der Waals surface area (Å²) in [5.41, 5.74) is 1.79. The summed E-state index contributed by atoms with van der Waals surface area (Å²) in [5, 5.41) is 19.6. The predicted molar refractivity (Wildman–Crippen MR) is 116 cm³/mol. The van der Waals surface area contributed by atoms with E-state index in [9.17, 15) is 14.9 Å². The van der Waals surface area contributed by atoms with Crippen molar-refractivity contribution >= 4 is 50.7 Å². The highest BCUT2D eigenvalue weighted by Crippen LogP contribution is 2.28. The molecule has 152 valence electrons. The molecule has 0 fully saturated rings. The fourth-order valence-electron chi connectivity index (χ4n) is 3.22. The molecule has 0 radical (unpaired) electrons. The maximum absolute atomic E-state index is 11.4. The largest absolute Gasteiger partial charge is 0.417 e. The van der Waals surface area contributed by atoms with Crippen molar-refractivity contribution in [3.8, 4) is 0 Å². The Labute approximate surface area is 173 Å². The highest BCUT2D eigenvalue weighted by atomic mass is 16.6. The average Bonchev–Trinajstić information content (AvgIpc) is 3.13. The Morgan fingerprint density at radius 3 is 2.58 bits per heavy atom. The van der Waals surface area contributed by atoms with Gasteiger partial charge in [-0.2, -0.15) is 4.98 Å². The van der Waals surface area contributed by atoms with E-state index in [0.717, 1.165) is 22.7 Å². The summed E-state index contributed by atoms with van der Waals surface area (Å²) in [6.45, 7) is 0. The summed E-state index contributed by atoms with van der Waals surface area (Å²) in [4.78, 5) is 33.1. The van der Waals surface area contributed by atoms with Crippen molar-refractivity contribution in [1.29, 1.82) is 0 Å². The van der Waals surface area contributed by atoms with E-state index in [0.29, 0.717) is 16.8 Å². The van der Waals surface area contributed by atoms with E-state index in [2.05, 4.69) is 25.6 Å². The van der Waals surface area contributed by atoms with E-state index in [1.54, 1.807) is 18.2 Å². The molecule has 0 amide bonds. The van der Waals surface area contributed by atoms with Gasteiger partial charge in [-0.1, -0.05) is 30.3 Å². The van der Waals surface area contributed by atoms with Gasteiger partial charge in [0.15, 0.2) is 5.58 Å². The topological polar surface area (TPSA) is 139 Å². The molecule has 0 atom stereocenters. The van der Waals surface area contributed by atoms with E-state index in [-0.39, 0.29) is 17.5 Å². The van der Waals surface area contributed by atoms with Crippen molar-refractivity contribution in [3.63, 3.8) is 0 Å². The minimum atomic E-state index is -0.581. The zero-order valence-corrected chi connectivity index (χ0v) is 15.8. The van der Waals surface area contributed by atoms with Crippen LogP contribution in [0.25, 0.3) is 21.9 Å². The van der Waals surface area contributed by atoms with Crippen LogP contribution in [-0.4, -0.2) is 19.9 Å². The normalized spacial score (nSPS) is 11.0. The Morgan fingerprint density at radius 1 is 0.968 bits per heavy atom. The summed E-state index contributed by atoms with van der Waals surface area (Å²) >= 11 is 0. The molecule has 2 aromatic heterocycles. The maximum Gasteiger partial charge on any atom is 0.417 e. The van der Waals surface area contributed by atoms with Crippen LogP contribution < -0.4 is 16.4 Å². The number of aromatic amines is 1. The van der Waals surface area contributed by atoms with E-state index in [4.69, 9.17) is 4.42 Å². The minimum Gasteiger partial charge on any atom is -0.408 e. The molecule has 2 heterocycles. The number of H-pyrrole nitrogens is 1. The quantitative estimate of drug-likeness (QED) is 0.283. The van der Waals surface area contributed by atoms with Crippen LogP contribution in [0.5, 0.6) is 0 Å². The SMILES string of the molecule is O=c1[nH]c2cc(Nc3nc(Nc4ccc5ccccc5c4)ncc3[N+](=O)[O-])ccc2o1. The fourth-order valence-corrected chi connectivity index (χ4v) is 3.22. The first-order valence-electron chi connectivity index (χ1n) is 9.22. The van der Waals surface area contributed by atoms with Gasteiger partial charge >= 0.3 is 11.4 Å². The summed E-state index contributed by atoms with van der Waals surface area (Å²) in [6, 6.07) is 18.5. The van der Waals surface area contributed by atoms with Crippen molar-refractivity contribution in [2.24, 2.45) is 0 Å². The first-order valence-corrected chi connectivity index (χ1v) is 9.22. The molecule has 10 nitrogen and oxygen atoms in total. The lowest BCUT2D eigenvalue weighted by Crippen LogP contribution is -2.04. The molecular formula is C21H14N6O4. The third-order valence-corrected chi connectivity index (χ3v) is 4.65. The molecule has 0 saturated heterocycles. The molecule has 3 N–H and O–H groups in total. The Morgan fingerprint density at radius 2 is 1.74 bits per heavy atom. The molecule has 10 heteroatoms. The number of nitrogens with zero attached hydrogens (tertiary/aromatic N) is 3. The average molecular weight is 414 g/mol. The first kappa shape index (κ1) is 18.3. The van der Waals surface area contributed by atoms with Gasteiger partial charge < -0.3 is 15.1 Å². The molecule has 31 heavy (non-hydrogen) atoms. The van der Waals surface area contributed by atoms with E-state index in [1.807, 2.05) is 42.5 Å². The second kappa shape index (κ2) is 7.26. The van der Waals surface area contributed by atoms with Gasteiger partial charge in [0.05, 0.1) is 10.4 Å². The van der Waals surface area contributed by atoms with Crippen molar-refractivity contribution in [2.45, 2.75) is 0 Å². The van der Waals surface area contributed by atoms with Crippen LogP contribution in [0, 0.1) is 10.1 Å². The smallest absolute Gasteiger partial charge is 0.408 e. The van der Waals surface area contributed by atoms with Crippen molar-refractivity contribution in [1.82, 2.24) is 15.0 Å². The molecule has 5 rings (SSSR count). The van der Waals surface area contributed by atoms with Crippen LogP contribution in [0.1, 0.15) is 0 Å². The Balaban J connectivity index is 1.48. The van der Waals surface area contributed by atoms with Gasteiger partial charge in [0.2, 0.25) is 11.8 Å². The zero-order chi connectivity index (χ0) is 21.4. The molecule has 0 spiro atoms. The van der Waals surface area contributed by atoms with Gasteiger partial charge in [-0.25, -0.2) is 9.78 Å². The second-order valence-electron chi connectivity index (χ2n) is 6.72.